The average Bonchev–Trinajstić information content (AvgIpc) is 3.10. The largest absolute Gasteiger partial charge is 0.339 e. The number of aromatic nitrogens is 3. The standard InChI is InChI=1S/C21H31N5O2/c1-13(2)18-11-16(17-12-22-26(15(5)6)19(17)23-18)21(28)25-9-7-24(8-10-25)20(27)14(3)4/h11-15H,7-10H2,1-6H3. The van der Waals surface area contributed by atoms with Gasteiger partial charge in [-0.25, -0.2) is 9.67 Å². The molecule has 2 amide bonds. The number of hydrogen-bond acceptors (Lipinski definition) is 4. The van der Waals surface area contributed by atoms with Crippen molar-refractivity contribution in [1.82, 2.24) is 24.6 Å². The molecule has 28 heavy (non-hydrogen) atoms. The molecule has 0 aliphatic carbocycles. The second-order valence-electron chi connectivity index (χ2n) is 8.44. The molecule has 152 valence electrons. The van der Waals surface area contributed by atoms with E-state index in [4.69, 9.17) is 4.98 Å². The maximum atomic E-state index is 13.3. The van der Waals surface area contributed by atoms with Crippen LogP contribution in [0, 0.1) is 5.92 Å². The highest BCUT2D eigenvalue weighted by Crippen LogP contribution is 2.25. The molecule has 2 aromatic heterocycles. The first kappa shape index (κ1) is 20.3. The van der Waals surface area contributed by atoms with Crippen LogP contribution in [0.2, 0.25) is 0 Å². The molecule has 1 aliphatic heterocycles. The quantitative estimate of drug-likeness (QED) is 0.811. The van der Waals surface area contributed by atoms with E-state index >= 15 is 0 Å². The molecule has 0 unspecified atom stereocenters. The third-order valence-corrected chi connectivity index (χ3v) is 5.27. The number of piperazine rings is 1. The first-order valence-electron chi connectivity index (χ1n) is 10.2. The van der Waals surface area contributed by atoms with Gasteiger partial charge < -0.3 is 9.80 Å². The summed E-state index contributed by atoms with van der Waals surface area (Å²) in [5.41, 5.74) is 2.31. The number of pyridine rings is 1. The van der Waals surface area contributed by atoms with E-state index in [1.165, 1.54) is 0 Å². The summed E-state index contributed by atoms with van der Waals surface area (Å²) < 4.78 is 1.87. The van der Waals surface area contributed by atoms with Gasteiger partial charge in [0.2, 0.25) is 5.91 Å². The molecule has 0 N–H and O–H groups in total. The summed E-state index contributed by atoms with van der Waals surface area (Å²) in [4.78, 5) is 34.0. The van der Waals surface area contributed by atoms with Gasteiger partial charge >= 0.3 is 0 Å². The Morgan fingerprint density at radius 3 is 2.11 bits per heavy atom. The second kappa shape index (κ2) is 7.89. The number of nitrogens with zero attached hydrogens (tertiary/aromatic N) is 5. The Kier molecular flexibility index (Phi) is 5.72. The Hall–Kier alpha value is -2.44. The molecule has 2 aromatic rings. The Balaban J connectivity index is 1.91. The minimum Gasteiger partial charge on any atom is -0.339 e. The van der Waals surface area contributed by atoms with Crippen LogP contribution in [0.25, 0.3) is 11.0 Å². The summed E-state index contributed by atoms with van der Waals surface area (Å²) in [6.45, 7) is 14.4. The number of carbonyl (C=O) groups excluding carboxylic acids is 2. The van der Waals surface area contributed by atoms with Crippen molar-refractivity contribution in [3.8, 4) is 0 Å². The minimum atomic E-state index is -0.0162. The van der Waals surface area contributed by atoms with Crippen LogP contribution in [0.15, 0.2) is 12.3 Å². The fourth-order valence-corrected chi connectivity index (χ4v) is 3.55. The van der Waals surface area contributed by atoms with Crippen LogP contribution in [-0.2, 0) is 4.79 Å². The summed E-state index contributed by atoms with van der Waals surface area (Å²) in [5.74, 6) is 0.345. The summed E-state index contributed by atoms with van der Waals surface area (Å²) in [6.07, 6.45) is 1.75. The van der Waals surface area contributed by atoms with Crippen molar-refractivity contribution >= 4 is 22.8 Å². The van der Waals surface area contributed by atoms with Crippen LogP contribution in [0.1, 0.15) is 69.6 Å². The van der Waals surface area contributed by atoms with E-state index in [-0.39, 0.29) is 29.7 Å². The summed E-state index contributed by atoms with van der Waals surface area (Å²) in [5, 5.41) is 5.26. The van der Waals surface area contributed by atoms with Crippen LogP contribution in [-0.4, -0.2) is 62.6 Å². The molecule has 7 heteroatoms. The summed E-state index contributed by atoms with van der Waals surface area (Å²) in [7, 11) is 0. The van der Waals surface area contributed by atoms with E-state index in [1.54, 1.807) is 6.20 Å². The molecule has 1 saturated heterocycles. The first-order valence-corrected chi connectivity index (χ1v) is 10.2. The molecule has 3 rings (SSSR count). The molecule has 3 heterocycles. The van der Waals surface area contributed by atoms with Crippen molar-refractivity contribution in [2.24, 2.45) is 5.92 Å². The minimum absolute atomic E-state index is 0.00532. The van der Waals surface area contributed by atoms with E-state index in [9.17, 15) is 9.59 Å². The van der Waals surface area contributed by atoms with Gasteiger partial charge in [-0.2, -0.15) is 5.10 Å². The highest BCUT2D eigenvalue weighted by molar-refractivity contribution is 6.05. The third kappa shape index (κ3) is 3.75. The average molecular weight is 386 g/mol. The van der Waals surface area contributed by atoms with Crippen molar-refractivity contribution in [3.05, 3.63) is 23.5 Å². The van der Waals surface area contributed by atoms with E-state index in [1.807, 2.05) is 34.4 Å². The first-order chi connectivity index (χ1) is 13.2. The van der Waals surface area contributed by atoms with Gasteiger partial charge in [0.15, 0.2) is 5.65 Å². The van der Waals surface area contributed by atoms with Crippen molar-refractivity contribution in [1.29, 1.82) is 0 Å². The number of rotatable bonds is 4. The predicted octanol–water partition coefficient (Wildman–Crippen LogP) is 3.08. The Labute approximate surface area is 166 Å². The maximum Gasteiger partial charge on any atom is 0.254 e. The van der Waals surface area contributed by atoms with Crippen molar-refractivity contribution in [2.75, 3.05) is 26.2 Å². The highest BCUT2D eigenvalue weighted by Gasteiger charge is 2.28. The zero-order chi connectivity index (χ0) is 20.6. The van der Waals surface area contributed by atoms with Gasteiger partial charge in [-0.3, -0.25) is 9.59 Å². The summed E-state index contributed by atoms with van der Waals surface area (Å²) >= 11 is 0. The SMILES string of the molecule is CC(C)C(=O)N1CCN(C(=O)c2cc(C(C)C)nc3c2cnn3C(C)C)CC1. The number of fused-ring (bicyclic) bond motifs is 1. The van der Waals surface area contributed by atoms with Gasteiger partial charge in [0.1, 0.15) is 0 Å². The molecule has 0 spiro atoms. The molecule has 0 radical (unpaired) electrons. The van der Waals surface area contributed by atoms with Gasteiger partial charge in [0.25, 0.3) is 5.91 Å². The van der Waals surface area contributed by atoms with Crippen molar-refractivity contribution in [3.63, 3.8) is 0 Å². The highest BCUT2D eigenvalue weighted by atomic mass is 16.2. The van der Waals surface area contributed by atoms with E-state index < -0.39 is 0 Å². The van der Waals surface area contributed by atoms with Gasteiger partial charge in [-0.15, -0.1) is 0 Å². The monoisotopic (exact) mass is 385 g/mol. The van der Waals surface area contributed by atoms with Crippen LogP contribution >= 0.6 is 0 Å². The Morgan fingerprint density at radius 2 is 1.57 bits per heavy atom. The molecule has 0 saturated carbocycles. The number of carbonyl (C=O) groups is 2. The van der Waals surface area contributed by atoms with Gasteiger partial charge in [0, 0.05) is 43.8 Å². The lowest BCUT2D eigenvalue weighted by Gasteiger charge is -2.35. The molecular formula is C21H31N5O2. The molecule has 1 aliphatic rings. The molecule has 0 aromatic carbocycles. The van der Waals surface area contributed by atoms with Crippen LogP contribution in [0.5, 0.6) is 0 Å². The lowest BCUT2D eigenvalue weighted by atomic mass is 10.0. The Bertz CT molecular complexity index is 876. The molecule has 0 bridgehead atoms. The summed E-state index contributed by atoms with van der Waals surface area (Å²) in [6, 6.07) is 2.08. The normalized spacial score (nSPS) is 15.3. The van der Waals surface area contributed by atoms with E-state index in [0.29, 0.717) is 31.7 Å². The smallest absolute Gasteiger partial charge is 0.254 e. The van der Waals surface area contributed by atoms with Gasteiger partial charge in [0.05, 0.1) is 17.1 Å². The fraction of sp³-hybridized carbons (Fsp3) is 0.619. The van der Waals surface area contributed by atoms with Crippen molar-refractivity contribution in [2.45, 2.75) is 53.5 Å². The fourth-order valence-electron chi connectivity index (χ4n) is 3.55. The van der Waals surface area contributed by atoms with E-state index in [0.717, 1.165) is 16.7 Å². The number of hydrogen-bond donors (Lipinski definition) is 0. The van der Waals surface area contributed by atoms with Crippen LogP contribution in [0.4, 0.5) is 0 Å². The second-order valence-corrected chi connectivity index (χ2v) is 8.44. The molecule has 7 nitrogen and oxygen atoms in total. The molecule has 1 fully saturated rings. The van der Waals surface area contributed by atoms with Gasteiger partial charge in [-0.1, -0.05) is 27.7 Å². The zero-order valence-electron chi connectivity index (χ0n) is 17.8. The topological polar surface area (TPSA) is 71.3 Å². The number of amides is 2. The maximum absolute atomic E-state index is 13.3. The lowest BCUT2D eigenvalue weighted by Crippen LogP contribution is -2.51. The lowest BCUT2D eigenvalue weighted by molar-refractivity contribution is -0.135. The molecule has 0 atom stereocenters. The third-order valence-electron chi connectivity index (χ3n) is 5.27. The van der Waals surface area contributed by atoms with Gasteiger partial charge in [-0.05, 0) is 25.8 Å². The predicted molar refractivity (Wildman–Crippen MR) is 109 cm³/mol. The van der Waals surface area contributed by atoms with Crippen molar-refractivity contribution < 1.29 is 9.59 Å². The van der Waals surface area contributed by atoms with Crippen LogP contribution < -0.4 is 0 Å². The zero-order valence-corrected chi connectivity index (χ0v) is 17.8. The Morgan fingerprint density at radius 1 is 0.964 bits per heavy atom. The molecular weight excluding hydrogens is 354 g/mol. The van der Waals surface area contributed by atoms with E-state index in [2.05, 4.69) is 32.8 Å². The van der Waals surface area contributed by atoms with Crippen LogP contribution in [0.3, 0.4) is 0 Å².